The first-order valence-electron chi connectivity index (χ1n) is 6.39. The smallest absolute Gasteiger partial charge is 0.223 e. The van der Waals surface area contributed by atoms with Gasteiger partial charge in [0.05, 0.1) is 12.5 Å². The van der Waals surface area contributed by atoms with E-state index in [-0.39, 0.29) is 11.9 Å². The van der Waals surface area contributed by atoms with Gasteiger partial charge in [0.1, 0.15) is 0 Å². The van der Waals surface area contributed by atoms with E-state index in [0.717, 1.165) is 0 Å². The molecule has 1 saturated heterocycles. The topological polar surface area (TPSA) is 44.1 Å². The summed E-state index contributed by atoms with van der Waals surface area (Å²) in [5.41, 5.74) is 0. The average Bonchev–Trinajstić information content (AvgIpc) is 2.30. The van der Waals surface area contributed by atoms with Crippen molar-refractivity contribution >= 4 is 17.7 Å². The number of hydrogen-bond acceptors (Lipinski definition) is 3. The predicted molar refractivity (Wildman–Crippen MR) is 71.7 cm³/mol. The van der Waals surface area contributed by atoms with Crippen LogP contribution in [0.1, 0.15) is 39.5 Å². The largest absolute Gasteiger partial charge is 0.339 e. The van der Waals surface area contributed by atoms with Gasteiger partial charge in [0.15, 0.2) is 0 Å². The molecular weight excluding hydrogens is 232 g/mol. The first-order chi connectivity index (χ1) is 8.15. The molecule has 96 valence electrons. The van der Waals surface area contributed by atoms with Crippen molar-refractivity contribution in [2.24, 2.45) is 5.92 Å². The molecule has 0 unspecified atom stereocenters. The summed E-state index contributed by atoms with van der Waals surface area (Å²) in [5.74, 6) is 3.18. The Bertz CT molecular complexity index is 280. The molecule has 0 radical (unpaired) electrons. The molecule has 0 aromatic heterocycles. The molecule has 4 heteroatoms. The van der Waals surface area contributed by atoms with Gasteiger partial charge >= 0.3 is 0 Å². The van der Waals surface area contributed by atoms with Crippen LogP contribution >= 0.6 is 11.8 Å². The Morgan fingerprint density at radius 1 is 1.47 bits per heavy atom. The van der Waals surface area contributed by atoms with E-state index >= 15 is 0 Å². The van der Waals surface area contributed by atoms with E-state index < -0.39 is 0 Å². The lowest BCUT2D eigenvalue weighted by atomic mass is 9.98. The lowest BCUT2D eigenvalue weighted by molar-refractivity contribution is -0.133. The second-order valence-electron chi connectivity index (χ2n) is 4.85. The van der Waals surface area contributed by atoms with E-state index in [1.165, 1.54) is 24.3 Å². The molecule has 3 nitrogen and oxygen atoms in total. The zero-order chi connectivity index (χ0) is 12.7. The van der Waals surface area contributed by atoms with Crippen LogP contribution in [-0.2, 0) is 4.79 Å². The molecule has 1 heterocycles. The molecule has 0 aliphatic carbocycles. The van der Waals surface area contributed by atoms with Gasteiger partial charge in [-0.15, -0.1) is 0 Å². The fourth-order valence-corrected chi connectivity index (χ4v) is 3.36. The van der Waals surface area contributed by atoms with Crippen molar-refractivity contribution in [3.63, 3.8) is 0 Å². The van der Waals surface area contributed by atoms with Gasteiger partial charge in [-0.25, -0.2) is 0 Å². The van der Waals surface area contributed by atoms with Gasteiger partial charge in [-0.1, -0.05) is 0 Å². The third-order valence-corrected chi connectivity index (χ3v) is 4.26. The van der Waals surface area contributed by atoms with Crippen LogP contribution in [0.2, 0.25) is 0 Å². The fourth-order valence-electron chi connectivity index (χ4n) is 2.16. The first kappa shape index (κ1) is 14.4. The van der Waals surface area contributed by atoms with Crippen LogP contribution in [0.4, 0.5) is 0 Å². The third-order valence-electron chi connectivity index (χ3n) is 3.21. The molecule has 1 amide bonds. The monoisotopic (exact) mass is 254 g/mol. The summed E-state index contributed by atoms with van der Waals surface area (Å²) in [6.45, 7) is 4.62. The van der Waals surface area contributed by atoms with Gasteiger partial charge in [0, 0.05) is 19.0 Å². The van der Waals surface area contributed by atoms with E-state index in [1.807, 2.05) is 30.5 Å². The zero-order valence-electron chi connectivity index (χ0n) is 10.8. The van der Waals surface area contributed by atoms with Gasteiger partial charge in [-0.05, 0) is 44.1 Å². The highest BCUT2D eigenvalue weighted by Crippen LogP contribution is 2.26. The predicted octanol–water partition coefficient (Wildman–Crippen LogP) is 2.67. The summed E-state index contributed by atoms with van der Waals surface area (Å²) in [5, 5.41) is 8.61. The van der Waals surface area contributed by atoms with E-state index in [2.05, 4.69) is 6.07 Å². The van der Waals surface area contributed by atoms with Gasteiger partial charge in [0.2, 0.25) is 5.91 Å². The van der Waals surface area contributed by atoms with E-state index in [9.17, 15) is 4.79 Å². The Hall–Kier alpha value is -0.690. The molecule has 1 fully saturated rings. The maximum absolute atomic E-state index is 12.2. The van der Waals surface area contributed by atoms with Crippen LogP contribution < -0.4 is 0 Å². The highest BCUT2D eigenvalue weighted by molar-refractivity contribution is 7.99. The van der Waals surface area contributed by atoms with Crippen molar-refractivity contribution in [3.05, 3.63) is 0 Å². The molecule has 0 atom stereocenters. The van der Waals surface area contributed by atoms with Crippen LogP contribution in [0, 0.1) is 17.2 Å². The average molecular weight is 254 g/mol. The Kier molecular flexibility index (Phi) is 6.43. The van der Waals surface area contributed by atoms with Crippen molar-refractivity contribution in [2.45, 2.75) is 45.6 Å². The van der Waals surface area contributed by atoms with E-state index in [0.29, 0.717) is 25.3 Å². The maximum Gasteiger partial charge on any atom is 0.223 e. The second kappa shape index (κ2) is 7.60. The van der Waals surface area contributed by atoms with Gasteiger partial charge in [0.25, 0.3) is 0 Å². The summed E-state index contributed by atoms with van der Waals surface area (Å²) in [6, 6.07) is 2.32. The summed E-state index contributed by atoms with van der Waals surface area (Å²) in [7, 11) is 0. The molecule has 0 saturated carbocycles. The number of nitrogens with zero attached hydrogens (tertiary/aromatic N) is 2. The molecule has 1 rings (SSSR count). The van der Waals surface area contributed by atoms with Crippen LogP contribution in [-0.4, -0.2) is 34.9 Å². The van der Waals surface area contributed by atoms with Crippen LogP contribution in [0.15, 0.2) is 0 Å². The quantitative estimate of drug-likeness (QED) is 0.757. The lowest BCUT2D eigenvalue weighted by Gasteiger charge is -2.29. The first-order valence-corrected chi connectivity index (χ1v) is 7.54. The number of carbonyl (C=O) groups excluding carboxylic acids is 1. The van der Waals surface area contributed by atoms with Crippen LogP contribution in [0.3, 0.4) is 0 Å². The maximum atomic E-state index is 12.2. The van der Waals surface area contributed by atoms with Crippen molar-refractivity contribution in [3.8, 4) is 6.07 Å². The molecule has 0 spiro atoms. The minimum Gasteiger partial charge on any atom is -0.339 e. The Labute approximate surface area is 109 Å². The number of hydrogen-bond donors (Lipinski definition) is 0. The normalized spacial score (nSPS) is 16.8. The molecule has 1 aliphatic rings. The minimum atomic E-state index is 0.203. The third kappa shape index (κ3) is 4.99. The lowest BCUT2D eigenvalue weighted by Crippen LogP contribution is -2.38. The zero-order valence-corrected chi connectivity index (χ0v) is 11.6. The fraction of sp³-hybridized carbons (Fsp3) is 0.846. The Balaban J connectivity index is 2.43. The highest BCUT2D eigenvalue weighted by Gasteiger charge is 2.22. The second-order valence-corrected chi connectivity index (χ2v) is 6.07. The minimum absolute atomic E-state index is 0.203. The molecule has 0 aromatic carbocycles. The summed E-state index contributed by atoms with van der Waals surface area (Å²) in [6.07, 6.45) is 3.44. The van der Waals surface area contributed by atoms with Crippen molar-refractivity contribution in [1.82, 2.24) is 4.90 Å². The molecule has 0 N–H and O–H groups in total. The number of thioether (sulfide) groups is 1. The van der Waals surface area contributed by atoms with Crippen LogP contribution in [0.5, 0.6) is 0 Å². The summed E-state index contributed by atoms with van der Waals surface area (Å²) >= 11 is 1.99. The van der Waals surface area contributed by atoms with Crippen LogP contribution in [0.25, 0.3) is 0 Å². The molecule has 17 heavy (non-hydrogen) atoms. The Morgan fingerprint density at radius 3 is 2.65 bits per heavy atom. The molecule has 0 aromatic rings. The number of rotatable bonds is 5. The van der Waals surface area contributed by atoms with Gasteiger partial charge < -0.3 is 4.90 Å². The highest BCUT2D eigenvalue weighted by atomic mass is 32.2. The van der Waals surface area contributed by atoms with Crippen molar-refractivity contribution < 1.29 is 4.79 Å². The summed E-state index contributed by atoms with van der Waals surface area (Å²) < 4.78 is 0. The van der Waals surface area contributed by atoms with E-state index in [4.69, 9.17) is 5.26 Å². The summed E-state index contributed by atoms with van der Waals surface area (Å²) in [4.78, 5) is 14.0. The van der Waals surface area contributed by atoms with Gasteiger partial charge in [-0.2, -0.15) is 17.0 Å². The standard InChI is InChI=1S/C13H22N2OS/c1-11(2)15(7-3-6-14)13(16)10-12-4-8-17-9-5-12/h11-12H,3-5,7-10H2,1-2H3. The van der Waals surface area contributed by atoms with Crippen molar-refractivity contribution in [1.29, 1.82) is 5.26 Å². The van der Waals surface area contributed by atoms with Crippen molar-refractivity contribution in [2.75, 3.05) is 18.1 Å². The number of amides is 1. The molecule has 0 bridgehead atoms. The van der Waals surface area contributed by atoms with E-state index in [1.54, 1.807) is 0 Å². The SMILES string of the molecule is CC(C)N(CCC#N)C(=O)CC1CCSCC1. The number of carbonyl (C=O) groups is 1. The molecule has 1 aliphatic heterocycles. The number of nitriles is 1. The Morgan fingerprint density at radius 2 is 2.12 bits per heavy atom. The molecular formula is C13H22N2OS. The van der Waals surface area contributed by atoms with Gasteiger partial charge in [-0.3, -0.25) is 4.79 Å².